The molecule has 1 aromatic carbocycles. The van der Waals surface area contributed by atoms with Crippen molar-refractivity contribution >= 4 is 18.0 Å². The number of benzene rings is 1. The topological polar surface area (TPSA) is 120 Å². The third-order valence-corrected chi connectivity index (χ3v) is 5.76. The molecule has 2 atom stereocenters. The first-order valence-electron chi connectivity index (χ1n) is 11.8. The second kappa shape index (κ2) is 12.6. The lowest BCUT2D eigenvalue weighted by molar-refractivity contribution is -0.146. The standard InChI is InChI=1S/C25H39N3O6/c1-17-8-9-20(13-19(17)15-26)33-12-10-18-7-6-11-28(16-18)22(29)14-21(23(30)32-5)27-24(31)34-25(2,3)4/h8-9,13,18,21H,6-7,10-12,14-16,26H2,1-5H3,(H,27,31)/t18?,21-/m0/s1. The summed E-state index contributed by atoms with van der Waals surface area (Å²) in [7, 11) is 1.22. The molecule has 2 amide bonds. The first kappa shape index (κ1) is 27.4. The molecule has 1 heterocycles. The number of esters is 1. The van der Waals surface area contributed by atoms with E-state index in [1.807, 2.05) is 25.1 Å². The number of hydrogen-bond donors (Lipinski definition) is 2. The van der Waals surface area contributed by atoms with Crippen LogP contribution in [0.3, 0.4) is 0 Å². The number of aryl methyl sites for hydroxylation is 1. The molecule has 0 spiro atoms. The highest BCUT2D eigenvalue weighted by atomic mass is 16.6. The smallest absolute Gasteiger partial charge is 0.408 e. The fourth-order valence-electron chi connectivity index (χ4n) is 3.92. The SMILES string of the molecule is COC(=O)[C@H](CC(=O)N1CCCC(CCOc2ccc(C)c(CN)c2)C1)NC(=O)OC(C)(C)C. The molecule has 1 aromatic rings. The lowest BCUT2D eigenvalue weighted by Gasteiger charge is -2.33. The number of rotatable bonds is 9. The molecule has 3 N–H and O–H groups in total. The number of methoxy groups -OCH3 is 1. The van der Waals surface area contributed by atoms with E-state index in [2.05, 4.69) is 5.32 Å². The van der Waals surface area contributed by atoms with Crippen molar-refractivity contribution in [3.8, 4) is 5.75 Å². The van der Waals surface area contributed by atoms with E-state index in [-0.39, 0.29) is 12.3 Å². The average molecular weight is 478 g/mol. The number of alkyl carbamates (subject to hydrolysis) is 1. The van der Waals surface area contributed by atoms with E-state index in [1.54, 1.807) is 25.7 Å². The minimum Gasteiger partial charge on any atom is -0.494 e. The summed E-state index contributed by atoms with van der Waals surface area (Å²) < 4.78 is 15.9. The Kier molecular flexibility index (Phi) is 10.2. The van der Waals surface area contributed by atoms with Gasteiger partial charge in [0.15, 0.2) is 0 Å². The van der Waals surface area contributed by atoms with Crippen LogP contribution < -0.4 is 15.8 Å². The van der Waals surface area contributed by atoms with Gasteiger partial charge >= 0.3 is 12.1 Å². The summed E-state index contributed by atoms with van der Waals surface area (Å²) in [6.07, 6.45) is 1.75. The molecule has 34 heavy (non-hydrogen) atoms. The lowest BCUT2D eigenvalue weighted by atomic mass is 9.94. The van der Waals surface area contributed by atoms with Gasteiger partial charge in [-0.25, -0.2) is 9.59 Å². The van der Waals surface area contributed by atoms with Crippen LogP contribution in [-0.4, -0.2) is 61.3 Å². The van der Waals surface area contributed by atoms with Gasteiger partial charge in [0.2, 0.25) is 5.91 Å². The van der Waals surface area contributed by atoms with Gasteiger partial charge in [0, 0.05) is 19.6 Å². The number of hydrogen-bond acceptors (Lipinski definition) is 7. The van der Waals surface area contributed by atoms with Crippen LogP contribution in [0.2, 0.25) is 0 Å². The molecule has 1 aliphatic rings. The van der Waals surface area contributed by atoms with Crippen molar-refractivity contribution in [1.29, 1.82) is 0 Å². The molecule has 0 aromatic heterocycles. The Morgan fingerprint density at radius 1 is 1.26 bits per heavy atom. The fraction of sp³-hybridized carbons (Fsp3) is 0.640. The van der Waals surface area contributed by atoms with Crippen LogP contribution in [0.25, 0.3) is 0 Å². The zero-order valence-corrected chi connectivity index (χ0v) is 21.0. The van der Waals surface area contributed by atoms with Gasteiger partial charge < -0.3 is 30.2 Å². The van der Waals surface area contributed by atoms with E-state index in [0.717, 1.165) is 36.1 Å². The Bertz CT molecular complexity index is 852. The Morgan fingerprint density at radius 3 is 2.65 bits per heavy atom. The number of likely N-dealkylation sites (tertiary alicyclic amines) is 1. The Morgan fingerprint density at radius 2 is 2.00 bits per heavy atom. The van der Waals surface area contributed by atoms with Crippen molar-refractivity contribution in [2.45, 2.75) is 71.6 Å². The molecule has 9 nitrogen and oxygen atoms in total. The molecule has 0 bridgehead atoms. The molecule has 9 heteroatoms. The minimum absolute atomic E-state index is 0.180. The van der Waals surface area contributed by atoms with Gasteiger partial charge in [-0.1, -0.05) is 6.07 Å². The maximum Gasteiger partial charge on any atom is 0.408 e. The number of nitrogens with one attached hydrogen (secondary N) is 1. The lowest BCUT2D eigenvalue weighted by Crippen LogP contribution is -2.48. The predicted octanol–water partition coefficient (Wildman–Crippen LogP) is 2.92. The zero-order chi connectivity index (χ0) is 25.3. The Hall–Kier alpha value is -2.81. The van der Waals surface area contributed by atoms with E-state index in [9.17, 15) is 14.4 Å². The van der Waals surface area contributed by atoms with E-state index >= 15 is 0 Å². The van der Waals surface area contributed by atoms with Crippen molar-refractivity contribution in [3.63, 3.8) is 0 Å². The van der Waals surface area contributed by atoms with Gasteiger partial charge in [-0.05, 0) is 76.1 Å². The number of nitrogens with two attached hydrogens (primary N) is 1. The summed E-state index contributed by atoms with van der Waals surface area (Å²) in [5.74, 6) is 0.204. The molecule has 0 aliphatic carbocycles. The van der Waals surface area contributed by atoms with Crippen molar-refractivity contribution < 1.29 is 28.6 Å². The van der Waals surface area contributed by atoms with Crippen molar-refractivity contribution in [2.75, 3.05) is 26.8 Å². The van der Waals surface area contributed by atoms with Crippen LogP contribution in [0.5, 0.6) is 5.75 Å². The summed E-state index contributed by atoms with van der Waals surface area (Å²) in [6.45, 7) is 9.41. The second-order valence-electron chi connectivity index (χ2n) is 9.70. The van der Waals surface area contributed by atoms with Crippen molar-refractivity contribution in [2.24, 2.45) is 11.7 Å². The fourth-order valence-corrected chi connectivity index (χ4v) is 3.92. The molecule has 1 unspecified atom stereocenters. The van der Waals surface area contributed by atoms with Gasteiger partial charge in [0.05, 0.1) is 20.1 Å². The van der Waals surface area contributed by atoms with E-state index in [1.165, 1.54) is 7.11 Å². The number of carbonyl (C=O) groups excluding carboxylic acids is 3. The van der Waals surface area contributed by atoms with E-state index < -0.39 is 23.7 Å². The van der Waals surface area contributed by atoms with Crippen LogP contribution in [0.4, 0.5) is 4.79 Å². The second-order valence-corrected chi connectivity index (χ2v) is 9.70. The van der Waals surface area contributed by atoms with Crippen molar-refractivity contribution in [3.05, 3.63) is 29.3 Å². The van der Waals surface area contributed by atoms with Gasteiger partial charge in [0.25, 0.3) is 0 Å². The average Bonchev–Trinajstić information content (AvgIpc) is 2.78. The van der Waals surface area contributed by atoms with Crippen LogP contribution in [0, 0.1) is 12.8 Å². The summed E-state index contributed by atoms with van der Waals surface area (Å²) in [5, 5.41) is 2.46. The number of carbonyl (C=O) groups is 3. The first-order chi connectivity index (χ1) is 16.0. The van der Waals surface area contributed by atoms with Crippen LogP contribution in [0.1, 0.15) is 57.6 Å². The maximum atomic E-state index is 12.9. The third-order valence-electron chi connectivity index (χ3n) is 5.76. The quantitative estimate of drug-likeness (QED) is 0.525. The van der Waals surface area contributed by atoms with Crippen LogP contribution >= 0.6 is 0 Å². The highest BCUT2D eigenvalue weighted by Gasteiger charge is 2.31. The van der Waals surface area contributed by atoms with Crippen LogP contribution in [-0.2, 0) is 25.6 Å². The van der Waals surface area contributed by atoms with Gasteiger partial charge in [-0.15, -0.1) is 0 Å². The highest BCUT2D eigenvalue weighted by Crippen LogP contribution is 2.22. The Balaban J connectivity index is 1.87. The molecule has 0 saturated carbocycles. The molecule has 0 radical (unpaired) electrons. The molecular formula is C25H39N3O6. The van der Waals surface area contributed by atoms with Gasteiger partial charge in [-0.2, -0.15) is 0 Å². The molecule has 1 saturated heterocycles. The Labute approximate surface area is 202 Å². The van der Waals surface area contributed by atoms with E-state index in [0.29, 0.717) is 32.2 Å². The first-order valence-corrected chi connectivity index (χ1v) is 11.8. The normalized spacial score (nSPS) is 17.0. The zero-order valence-electron chi connectivity index (χ0n) is 21.0. The van der Waals surface area contributed by atoms with E-state index in [4.69, 9.17) is 19.9 Å². The van der Waals surface area contributed by atoms with Crippen molar-refractivity contribution in [1.82, 2.24) is 10.2 Å². The third kappa shape index (κ3) is 8.85. The van der Waals surface area contributed by atoms with Crippen LogP contribution in [0.15, 0.2) is 18.2 Å². The summed E-state index contributed by atoms with van der Waals surface area (Å²) in [4.78, 5) is 38.9. The molecular weight excluding hydrogens is 438 g/mol. The summed E-state index contributed by atoms with van der Waals surface area (Å²) >= 11 is 0. The molecule has 1 fully saturated rings. The molecule has 1 aliphatic heterocycles. The minimum atomic E-state index is -1.10. The monoisotopic (exact) mass is 477 g/mol. The predicted molar refractivity (Wildman–Crippen MR) is 128 cm³/mol. The number of amides is 2. The largest absolute Gasteiger partial charge is 0.494 e. The number of nitrogens with zero attached hydrogens (tertiary/aromatic N) is 1. The summed E-state index contributed by atoms with van der Waals surface area (Å²) in [6, 6.07) is 4.81. The van der Waals surface area contributed by atoms with Gasteiger partial charge in [0.1, 0.15) is 17.4 Å². The van der Waals surface area contributed by atoms with Gasteiger partial charge in [-0.3, -0.25) is 4.79 Å². The molecule has 2 rings (SSSR count). The number of piperidine rings is 1. The molecule has 190 valence electrons. The number of ether oxygens (including phenoxy) is 3. The highest BCUT2D eigenvalue weighted by molar-refractivity contribution is 5.88. The summed E-state index contributed by atoms with van der Waals surface area (Å²) in [5.41, 5.74) is 7.25. The maximum absolute atomic E-state index is 12.9.